The van der Waals surface area contributed by atoms with Crippen LogP contribution in [0, 0.1) is 11.8 Å². The number of nitrogen functional groups attached to an aromatic ring is 1. The Morgan fingerprint density at radius 3 is 2.60 bits per heavy atom. The molecule has 7 heteroatoms. The number of carboxylic acids is 1. The van der Waals surface area contributed by atoms with Crippen molar-refractivity contribution in [1.82, 2.24) is 14.8 Å². The summed E-state index contributed by atoms with van der Waals surface area (Å²) in [5.74, 6) is 0.980. The molecule has 0 radical (unpaired) electrons. The highest BCUT2D eigenvalue weighted by Gasteiger charge is 2.22. The number of hydrogen-bond donors (Lipinski definition) is 2. The largest absolute Gasteiger partial charge is 0.481 e. The van der Waals surface area contributed by atoms with Gasteiger partial charge in [-0.15, -0.1) is 10.2 Å². The van der Waals surface area contributed by atoms with Crippen LogP contribution in [0.4, 0.5) is 5.95 Å². The van der Waals surface area contributed by atoms with Gasteiger partial charge in [-0.1, -0.05) is 37.9 Å². The average molecular weight is 298 g/mol. The smallest absolute Gasteiger partial charge is 0.313 e. The minimum atomic E-state index is -0.855. The van der Waals surface area contributed by atoms with E-state index in [1.807, 2.05) is 4.57 Å². The van der Waals surface area contributed by atoms with E-state index >= 15 is 0 Å². The summed E-state index contributed by atoms with van der Waals surface area (Å²) < 4.78 is 1.87. The molecule has 0 spiro atoms. The molecule has 0 atom stereocenters. The highest BCUT2D eigenvalue weighted by Crippen LogP contribution is 2.32. The summed E-state index contributed by atoms with van der Waals surface area (Å²) in [7, 11) is 0. The molecule has 0 unspecified atom stereocenters. The Morgan fingerprint density at radius 2 is 2.00 bits per heavy atom. The second-order valence-corrected chi connectivity index (χ2v) is 6.37. The maximum Gasteiger partial charge on any atom is 0.313 e. The van der Waals surface area contributed by atoms with E-state index in [1.54, 1.807) is 0 Å². The van der Waals surface area contributed by atoms with E-state index in [2.05, 4.69) is 17.1 Å². The number of aromatic nitrogens is 3. The fourth-order valence-electron chi connectivity index (χ4n) is 2.79. The van der Waals surface area contributed by atoms with Gasteiger partial charge in [0.1, 0.15) is 0 Å². The molecule has 6 nitrogen and oxygen atoms in total. The predicted molar refractivity (Wildman–Crippen MR) is 78.5 cm³/mol. The lowest BCUT2D eigenvalue weighted by molar-refractivity contribution is -0.133. The molecule has 0 amide bonds. The van der Waals surface area contributed by atoms with E-state index in [1.165, 1.54) is 43.9 Å². The Kier molecular flexibility index (Phi) is 5.28. The molecule has 112 valence electrons. The summed E-state index contributed by atoms with van der Waals surface area (Å²) >= 11 is 1.18. The fourth-order valence-corrected chi connectivity index (χ4v) is 3.46. The molecular formula is C13H22N4O2S. The zero-order chi connectivity index (χ0) is 14.5. The van der Waals surface area contributed by atoms with Crippen LogP contribution in [0.25, 0.3) is 0 Å². The molecule has 0 saturated heterocycles. The molecule has 0 aromatic carbocycles. The van der Waals surface area contributed by atoms with E-state index in [-0.39, 0.29) is 5.75 Å². The Balaban J connectivity index is 1.95. The quantitative estimate of drug-likeness (QED) is 0.782. The van der Waals surface area contributed by atoms with Gasteiger partial charge < -0.3 is 10.8 Å². The standard InChI is InChI=1S/C13H22N4O2S/c1-2-9-3-5-10(6-4-9)7-17-12(14)15-16-13(17)20-8-11(18)19/h9-10H,2-8H2,1H3,(H2,14,15)(H,18,19). The molecule has 2 rings (SSSR count). The summed E-state index contributed by atoms with van der Waals surface area (Å²) in [5.41, 5.74) is 5.85. The monoisotopic (exact) mass is 298 g/mol. The zero-order valence-corrected chi connectivity index (χ0v) is 12.6. The van der Waals surface area contributed by atoms with Gasteiger partial charge in [-0.05, 0) is 24.7 Å². The van der Waals surface area contributed by atoms with Gasteiger partial charge in [0.05, 0.1) is 5.75 Å². The topological polar surface area (TPSA) is 94.0 Å². The van der Waals surface area contributed by atoms with Gasteiger partial charge in [0.2, 0.25) is 5.95 Å². The van der Waals surface area contributed by atoms with Crippen molar-refractivity contribution in [2.24, 2.45) is 11.8 Å². The molecule has 1 aromatic rings. The highest BCUT2D eigenvalue weighted by molar-refractivity contribution is 7.99. The number of carbonyl (C=O) groups is 1. The fraction of sp³-hybridized carbons (Fsp3) is 0.769. The van der Waals surface area contributed by atoms with Crippen molar-refractivity contribution in [2.45, 2.75) is 50.7 Å². The molecule has 3 N–H and O–H groups in total. The first-order valence-corrected chi connectivity index (χ1v) is 8.12. The number of carboxylic acid groups (broad SMARTS) is 1. The third kappa shape index (κ3) is 3.88. The van der Waals surface area contributed by atoms with E-state index in [4.69, 9.17) is 10.8 Å². The van der Waals surface area contributed by atoms with Crippen molar-refractivity contribution in [2.75, 3.05) is 11.5 Å². The number of hydrogen-bond acceptors (Lipinski definition) is 5. The molecule has 1 aromatic heterocycles. The highest BCUT2D eigenvalue weighted by atomic mass is 32.2. The average Bonchev–Trinajstić information content (AvgIpc) is 2.78. The van der Waals surface area contributed by atoms with Gasteiger partial charge in [-0.25, -0.2) is 0 Å². The van der Waals surface area contributed by atoms with Crippen molar-refractivity contribution in [3.8, 4) is 0 Å². The van der Waals surface area contributed by atoms with Crippen LogP contribution in [-0.4, -0.2) is 31.6 Å². The summed E-state index contributed by atoms with van der Waals surface area (Å²) in [6, 6.07) is 0. The number of anilines is 1. The van der Waals surface area contributed by atoms with E-state index in [9.17, 15) is 4.79 Å². The minimum absolute atomic E-state index is 0.0132. The number of aliphatic carboxylic acids is 1. The normalized spacial score (nSPS) is 22.9. The van der Waals surface area contributed by atoms with Crippen molar-refractivity contribution in [3.05, 3.63) is 0 Å². The van der Waals surface area contributed by atoms with Gasteiger partial charge in [0.25, 0.3) is 0 Å². The van der Waals surface area contributed by atoms with Crippen LogP contribution in [0.15, 0.2) is 5.16 Å². The van der Waals surface area contributed by atoms with Crippen molar-refractivity contribution >= 4 is 23.7 Å². The zero-order valence-electron chi connectivity index (χ0n) is 11.8. The van der Waals surface area contributed by atoms with Crippen molar-refractivity contribution < 1.29 is 9.90 Å². The van der Waals surface area contributed by atoms with Crippen LogP contribution in [0.3, 0.4) is 0 Å². The molecule has 1 heterocycles. The number of rotatable bonds is 6. The van der Waals surface area contributed by atoms with Gasteiger partial charge in [-0.3, -0.25) is 9.36 Å². The summed E-state index contributed by atoms with van der Waals surface area (Å²) in [6.45, 7) is 3.06. The van der Waals surface area contributed by atoms with E-state index in [0.717, 1.165) is 12.5 Å². The second-order valence-electron chi connectivity index (χ2n) is 5.43. The maximum absolute atomic E-state index is 10.6. The Hall–Kier alpha value is -1.24. The van der Waals surface area contributed by atoms with E-state index < -0.39 is 5.97 Å². The minimum Gasteiger partial charge on any atom is -0.481 e. The predicted octanol–water partition coefficient (Wildman–Crippen LogP) is 2.25. The first-order chi connectivity index (χ1) is 9.60. The van der Waals surface area contributed by atoms with Gasteiger partial charge in [0.15, 0.2) is 5.16 Å². The number of nitrogens with zero attached hydrogens (tertiary/aromatic N) is 3. The summed E-state index contributed by atoms with van der Waals surface area (Å²) in [5, 5.41) is 17.2. The lowest BCUT2D eigenvalue weighted by Gasteiger charge is -2.28. The summed E-state index contributed by atoms with van der Waals surface area (Å²) in [4.78, 5) is 10.6. The van der Waals surface area contributed by atoms with Gasteiger partial charge in [0, 0.05) is 6.54 Å². The molecule has 1 saturated carbocycles. The molecule has 1 aliphatic rings. The number of nitrogens with two attached hydrogens (primary N) is 1. The second kappa shape index (κ2) is 6.97. The van der Waals surface area contributed by atoms with Crippen LogP contribution in [0.1, 0.15) is 39.0 Å². The number of thioether (sulfide) groups is 1. The SMILES string of the molecule is CCC1CCC(Cn2c(N)nnc2SCC(=O)O)CC1. The van der Waals surface area contributed by atoms with Crippen LogP contribution in [0.2, 0.25) is 0 Å². The molecule has 0 aliphatic heterocycles. The first-order valence-electron chi connectivity index (χ1n) is 7.13. The van der Waals surface area contributed by atoms with Crippen LogP contribution in [-0.2, 0) is 11.3 Å². The lowest BCUT2D eigenvalue weighted by Crippen LogP contribution is -2.20. The third-order valence-electron chi connectivity index (χ3n) is 4.05. The molecule has 0 bridgehead atoms. The van der Waals surface area contributed by atoms with E-state index in [0.29, 0.717) is 17.0 Å². The summed E-state index contributed by atoms with van der Waals surface area (Å²) in [6.07, 6.45) is 6.24. The van der Waals surface area contributed by atoms with Gasteiger partial charge in [-0.2, -0.15) is 0 Å². The van der Waals surface area contributed by atoms with Crippen molar-refractivity contribution in [3.63, 3.8) is 0 Å². The molecule has 1 fully saturated rings. The maximum atomic E-state index is 10.6. The molecule has 1 aliphatic carbocycles. The van der Waals surface area contributed by atoms with Crippen molar-refractivity contribution in [1.29, 1.82) is 0 Å². The van der Waals surface area contributed by atoms with Crippen LogP contribution < -0.4 is 5.73 Å². The lowest BCUT2D eigenvalue weighted by atomic mass is 9.81. The van der Waals surface area contributed by atoms with Crippen LogP contribution in [0.5, 0.6) is 0 Å². The molecular weight excluding hydrogens is 276 g/mol. The Bertz CT molecular complexity index is 455. The molecule has 20 heavy (non-hydrogen) atoms. The Morgan fingerprint density at radius 1 is 1.35 bits per heavy atom. The first kappa shape index (κ1) is 15.2. The Labute approximate surface area is 123 Å². The van der Waals surface area contributed by atoms with Crippen LogP contribution >= 0.6 is 11.8 Å². The van der Waals surface area contributed by atoms with Gasteiger partial charge >= 0.3 is 5.97 Å². The third-order valence-corrected chi connectivity index (χ3v) is 5.01.